The van der Waals surface area contributed by atoms with Crippen LogP contribution in [0.5, 0.6) is 0 Å². The molecule has 0 saturated carbocycles. The second kappa shape index (κ2) is 4.97. The average molecular weight is 190 g/mol. The van der Waals surface area contributed by atoms with Crippen molar-refractivity contribution in [2.45, 2.75) is 6.42 Å². The molecule has 3 heteroatoms. The molecule has 0 amide bonds. The molecule has 0 atom stereocenters. The Labute approximate surface area is 81.7 Å². The standard InChI is InChI=1S/C11H10O3/c12-8-2-1-3-9-4-6-10(7-5-9)11(13)14/h1-2,4-8H,3H2,(H,13,14)/b2-1+. The lowest BCUT2D eigenvalue weighted by Gasteiger charge is -1.97. The molecule has 0 unspecified atom stereocenters. The number of carboxylic acids is 1. The highest BCUT2D eigenvalue weighted by molar-refractivity contribution is 5.87. The highest BCUT2D eigenvalue weighted by Gasteiger charge is 2.00. The highest BCUT2D eigenvalue weighted by atomic mass is 16.4. The van der Waals surface area contributed by atoms with Gasteiger partial charge in [0.1, 0.15) is 6.29 Å². The summed E-state index contributed by atoms with van der Waals surface area (Å²) in [4.78, 5) is 20.5. The van der Waals surface area contributed by atoms with Crippen molar-refractivity contribution >= 4 is 12.3 Å². The maximum atomic E-state index is 10.5. The van der Waals surface area contributed by atoms with Crippen LogP contribution in [0.1, 0.15) is 15.9 Å². The van der Waals surface area contributed by atoms with E-state index in [1.165, 1.54) is 6.08 Å². The van der Waals surface area contributed by atoms with Crippen LogP contribution in [-0.4, -0.2) is 17.4 Å². The molecule has 1 aromatic rings. The Morgan fingerprint density at radius 1 is 1.29 bits per heavy atom. The molecule has 3 nitrogen and oxygen atoms in total. The third-order valence-corrected chi connectivity index (χ3v) is 1.77. The SMILES string of the molecule is O=C/C=C/Cc1ccc(C(=O)O)cc1. The Bertz CT molecular complexity index is 349. The minimum Gasteiger partial charge on any atom is -0.478 e. The fourth-order valence-corrected chi connectivity index (χ4v) is 1.04. The van der Waals surface area contributed by atoms with Gasteiger partial charge in [-0.3, -0.25) is 4.79 Å². The lowest BCUT2D eigenvalue weighted by Crippen LogP contribution is -1.95. The topological polar surface area (TPSA) is 54.4 Å². The van der Waals surface area contributed by atoms with Gasteiger partial charge in [-0.25, -0.2) is 4.79 Å². The smallest absolute Gasteiger partial charge is 0.335 e. The van der Waals surface area contributed by atoms with E-state index < -0.39 is 5.97 Å². The summed E-state index contributed by atoms with van der Waals surface area (Å²) in [5.74, 6) is -0.931. The Kier molecular flexibility index (Phi) is 3.61. The maximum Gasteiger partial charge on any atom is 0.335 e. The molecule has 0 spiro atoms. The van der Waals surface area contributed by atoms with Gasteiger partial charge in [-0.05, 0) is 30.2 Å². The third kappa shape index (κ3) is 2.86. The van der Waals surface area contributed by atoms with Crippen LogP contribution in [0.3, 0.4) is 0 Å². The summed E-state index contributed by atoms with van der Waals surface area (Å²) in [5, 5.41) is 8.63. The van der Waals surface area contributed by atoms with Crippen molar-refractivity contribution in [1.29, 1.82) is 0 Å². The second-order valence-electron chi connectivity index (χ2n) is 2.77. The average Bonchev–Trinajstić information content (AvgIpc) is 2.19. The quantitative estimate of drug-likeness (QED) is 0.580. The number of rotatable bonds is 4. The van der Waals surface area contributed by atoms with Crippen LogP contribution < -0.4 is 0 Å². The van der Waals surface area contributed by atoms with Crippen LogP contribution in [0.15, 0.2) is 36.4 Å². The zero-order valence-electron chi connectivity index (χ0n) is 7.51. The zero-order valence-corrected chi connectivity index (χ0v) is 7.51. The van der Waals surface area contributed by atoms with Crippen LogP contribution in [0.25, 0.3) is 0 Å². The van der Waals surface area contributed by atoms with E-state index in [4.69, 9.17) is 5.11 Å². The zero-order chi connectivity index (χ0) is 10.4. The Morgan fingerprint density at radius 3 is 2.43 bits per heavy atom. The second-order valence-corrected chi connectivity index (χ2v) is 2.77. The molecule has 0 heterocycles. The summed E-state index contributed by atoms with van der Waals surface area (Å²) in [6, 6.07) is 6.57. The molecule has 0 aromatic heterocycles. The van der Waals surface area contributed by atoms with Crippen molar-refractivity contribution in [3.63, 3.8) is 0 Å². The van der Waals surface area contributed by atoms with E-state index in [1.807, 2.05) is 0 Å². The van der Waals surface area contributed by atoms with Gasteiger partial charge in [0.2, 0.25) is 0 Å². The molecule has 0 bridgehead atoms. The van der Waals surface area contributed by atoms with Gasteiger partial charge in [0, 0.05) is 0 Å². The monoisotopic (exact) mass is 190 g/mol. The van der Waals surface area contributed by atoms with E-state index in [1.54, 1.807) is 30.3 Å². The molecule has 72 valence electrons. The Hall–Kier alpha value is -1.90. The molecule has 0 saturated heterocycles. The Morgan fingerprint density at radius 2 is 1.93 bits per heavy atom. The first-order valence-corrected chi connectivity index (χ1v) is 4.16. The molecule has 0 fully saturated rings. The first kappa shape index (κ1) is 10.2. The lowest BCUT2D eigenvalue weighted by atomic mass is 10.1. The van der Waals surface area contributed by atoms with Gasteiger partial charge in [0.05, 0.1) is 5.56 Å². The van der Waals surface area contributed by atoms with Crippen LogP contribution >= 0.6 is 0 Å². The van der Waals surface area contributed by atoms with Crippen LogP contribution in [0.4, 0.5) is 0 Å². The number of carbonyl (C=O) groups is 2. The van der Waals surface area contributed by atoms with Gasteiger partial charge in [-0.2, -0.15) is 0 Å². The molecule has 14 heavy (non-hydrogen) atoms. The molecule has 1 aromatic carbocycles. The van der Waals surface area contributed by atoms with Crippen LogP contribution in [0.2, 0.25) is 0 Å². The van der Waals surface area contributed by atoms with Crippen LogP contribution in [0, 0.1) is 0 Å². The molecule has 0 aliphatic carbocycles. The first-order chi connectivity index (χ1) is 6.74. The number of allylic oxidation sites excluding steroid dienone is 2. The fraction of sp³-hybridized carbons (Fsp3) is 0.0909. The van der Waals surface area contributed by atoms with E-state index in [9.17, 15) is 9.59 Å². The number of carbonyl (C=O) groups excluding carboxylic acids is 1. The lowest BCUT2D eigenvalue weighted by molar-refractivity contribution is -0.104. The van der Waals surface area contributed by atoms with Crippen molar-refractivity contribution in [2.75, 3.05) is 0 Å². The first-order valence-electron chi connectivity index (χ1n) is 4.16. The van der Waals surface area contributed by atoms with Crippen molar-refractivity contribution in [1.82, 2.24) is 0 Å². The minimum atomic E-state index is -0.931. The largest absolute Gasteiger partial charge is 0.478 e. The van der Waals surface area contributed by atoms with Gasteiger partial charge in [0.25, 0.3) is 0 Å². The molecule has 1 rings (SSSR count). The molecule has 1 N–H and O–H groups in total. The van der Waals surface area contributed by atoms with E-state index in [0.717, 1.165) is 5.56 Å². The number of aromatic carboxylic acids is 1. The minimum absolute atomic E-state index is 0.271. The molecule has 0 aliphatic heterocycles. The highest BCUT2D eigenvalue weighted by Crippen LogP contribution is 2.05. The fourth-order valence-electron chi connectivity index (χ4n) is 1.04. The van der Waals surface area contributed by atoms with Gasteiger partial charge in [-0.15, -0.1) is 0 Å². The summed E-state index contributed by atoms with van der Waals surface area (Å²) < 4.78 is 0. The van der Waals surface area contributed by atoms with Crippen molar-refractivity contribution in [3.05, 3.63) is 47.5 Å². The van der Waals surface area contributed by atoms with E-state index >= 15 is 0 Å². The summed E-state index contributed by atoms with van der Waals surface area (Å²) >= 11 is 0. The van der Waals surface area contributed by atoms with E-state index in [-0.39, 0.29) is 5.56 Å². The predicted molar refractivity (Wildman–Crippen MR) is 52.3 cm³/mol. The maximum absolute atomic E-state index is 10.5. The van der Waals surface area contributed by atoms with Gasteiger partial charge < -0.3 is 5.11 Å². The summed E-state index contributed by atoms with van der Waals surface area (Å²) in [7, 11) is 0. The predicted octanol–water partition coefficient (Wildman–Crippen LogP) is 1.68. The number of benzene rings is 1. The third-order valence-electron chi connectivity index (χ3n) is 1.77. The molecule has 0 aliphatic rings. The number of carboxylic acid groups (broad SMARTS) is 1. The number of hydrogen-bond acceptors (Lipinski definition) is 2. The van der Waals surface area contributed by atoms with Crippen molar-refractivity contribution in [3.8, 4) is 0 Å². The van der Waals surface area contributed by atoms with Crippen LogP contribution in [-0.2, 0) is 11.2 Å². The normalized spacial score (nSPS) is 10.3. The number of aldehydes is 1. The molecule has 0 radical (unpaired) electrons. The van der Waals surface area contributed by atoms with Gasteiger partial charge >= 0.3 is 5.97 Å². The Balaban J connectivity index is 2.68. The van der Waals surface area contributed by atoms with Gasteiger partial charge in [-0.1, -0.05) is 18.2 Å². The van der Waals surface area contributed by atoms with Crippen molar-refractivity contribution < 1.29 is 14.7 Å². The number of hydrogen-bond donors (Lipinski definition) is 1. The van der Waals surface area contributed by atoms with Crippen molar-refractivity contribution in [2.24, 2.45) is 0 Å². The van der Waals surface area contributed by atoms with Gasteiger partial charge in [0.15, 0.2) is 0 Å². The summed E-state index contributed by atoms with van der Waals surface area (Å²) in [6.07, 6.45) is 4.50. The summed E-state index contributed by atoms with van der Waals surface area (Å²) in [5.41, 5.74) is 1.25. The van der Waals surface area contributed by atoms with E-state index in [2.05, 4.69) is 0 Å². The summed E-state index contributed by atoms with van der Waals surface area (Å²) in [6.45, 7) is 0. The van der Waals surface area contributed by atoms with E-state index in [0.29, 0.717) is 12.7 Å². The molecular weight excluding hydrogens is 180 g/mol. The molecular formula is C11H10O3.